The van der Waals surface area contributed by atoms with Gasteiger partial charge in [0.05, 0.1) is 5.52 Å². The number of carbonyl (C=O) groups is 2. The molecule has 0 bridgehead atoms. The Balaban J connectivity index is 2.17. The largest absolute Gasteiger partial charge is 0.452 e. The minimum absolute atomic E-state index is 0.420. The lowest BCUT2D eigenvalue weighted by atomic mass is 10.1. The van der Waals surface area contributed by atoms with Gasteiger partial charge in [0.2, 0.25) is 0 Å². The van der Waals surface area contributed by atoms with Gasteiger partial charge in [-0.1, -0.05) is 24.3 Å². The van der Waals surface area contributed by atoms with Crippen molar-refractivity contribution in [3.8, 4) is 0 Å². The van der Waals surface area contributed by atoms with Crippen molar-refractivity contribution >= 4 is 28.9 Å². The van der Waals surface area contributed by atoms with E-state index in [2.05, 4.69) is 9.72 Å². The number of nitrogens with two attached hydrogens (primary N) is 1. The average Bonchev–Trinajstić information content (AvgIpc) is 2.42. The molecule has 0 unspecified atom stereocenters. The van der Waals surface area contributed by atoms with E-state index in [0.717, 1.165) is 16.5 Å². The van der Waals surface area contributed by atoms with Crippen LogP contribution in [0.4, 0.5) is 0 Å². The van der Waals surface area contributed by atoms with E-state index in [1.807, 2.05) is 30.3 Å². The minimum Gasteiger partial charge on any atom is -0.452 e. The van der Waals surface area contributed by atoms with Crippen molar-refractivity contribution in [1.29, 1.82) is 0 Å². The molecule has 96 valence electrons. The van der Waals surface area contributed by atoms with Crippen LogP contribution in [0.2, 0.25) is 0 Å². The number of nitrogens with zero attached hydrogens (tertiary/aromatic N) is 1. The molecule has 0 saturated heterocycles. The molecule has 1 aromatic heterocycles. The molecular formula is C14H12N2O3. The van der Waals surface area contributed by atoms with E-state index in [1.54, 1.807) is 12.3 Å². The maximum atomic E-state index is 11.3. The van der Waals surface area contributed by atoms with Crippen LogP contribution in [0.15, 0.2) is 42.6 Å². The third-order valence-corrected chi connectivity index (χ3v) is 2.42. The van der Waals surface area contributed by atoms with E-state index >= 15 is 0 Å². The summed E-state index contributed by atoms with van der Waals surface area (Å²) in [6, 6.07) is 9.43. The highest BCUT2D eigenvalue weighted by molar-refractivity contribution is 5.93. The highest BCUT2D eigenvalue weighted by Gasteiger charge is 2.02. The summed E-state index contributed by atoms with van der Waals surface area (Å²) >= 11 is 0. The molecule has 2 rings (SSSR count). The number of hydrogen-bond acceptors (Lipinski definition) is 4. The molecule has 5 heteroatoms. The summed E-state index contributed by atoms with van der Waals surface area (Å²) in [5, 5.41) is 0.982. The molecule has 0 aliphatic carbocycles. The fraction of sp³-hybridized carbons (Fsp3) is 0.0714. The molecule has 0 aliphatic heterocycles. The molecule has 1 amide bonds. The highest BCUT2D eigenvalue weighted by atomic mass is 16.5. The van der Waals surface area contributed by atoms with E-state index < -0.39 is 18.5 Å². The molecule has 1 aromatic carbocycles. The number of esters is 1. The zero-order chi connectivity index (χ0) is 13.7. The maximum absolute atomic E-state index is 11.3. The average molecular weight is 256 g/mol. The number of ether oxygens (including phenoxy) is 1. The molecule has 2 N–H and O–H groups in total. The van der Waals surface area contributed by atoms with Gasteiger partial charge in [0, 0.05) is 23.2 Å². The molecule has 0 saturated carbocycles. The van der Waals surface area contributed by atoms with Gasteiger partial charge in [0.15, 0.2) is 6.61 Å². The fourth-order valence-corrected chi connectivity index (χ4v) is 1.61. The van der Waals surface area contributed by atoms with Crippen LogP contribution in [0.3, 0.4) is 0 Å². The van der Waals surface area contributed by atoms with Crippen molar-refractivity contribution in [3.63, 3.8) is 0 Å². The van der Waals surface area contributed by atoms with Crippen LogP contribution in [0.25, 0.3) is 17.0 Å². The van der Waals surface area contributed by atoms with E-state index in [0.29, 0.717) is 0 Å². The van der Waals surface area contributed by atoms with Crippen molar-refractivity contribution in [1.82, 2.24) is 4.98 Å². The number of benzene rings is 1. The van der Waals surface area contributed by atoms with Gasteiger partial charge in [-0.25, -0.2) is 4.79 Å². The van der Waals surface area contributed by atoms with Crippen LogP contribution in [0.1, 0.15) is 5.56 Å². The zero-order valence-electron chi connectivity index (χ0n) is 10.1. The number of hydrogen-bond donors (Lipinski definition) is 1. The molecular weight excluding hydrogens is 244 g/mol. The van der Waals surface area contributed by atoms with Crippen LogP contribution in [0, 0.1) is 0 Å². The molecule has 0 spiro atoms. The van der Waals surface area contributed by atoms with Gasteiger partial charge in [-0.2, -0.15) is 0 Å². The second-order valence-corrected chi connectivity index (χ2v) is 3.83. The smallest absolute Gasteiger partial charge is 0.331 e. The SMILES string of the molecule is NC(=O)COC(=O)/C=C\c1cccc2cccnc12. The monoisotopic (exact) mass is 256 g/mol. The van der Waals surface area contributed by atoms with E-state index in [4.69, 9.17) is 5.73 Å². The third kappa shape index (κ3) is 3.38. The van der Waals surface area contributed by atoms with Gasteiger partial charge in [0.25, 0.3) is 5.91 Å². The Hall–Kier alpha value is -2.69. The van der Waals surface area contributed by atoms with E-state index in [9.17, 15) is 9.59 Å². The molecule has 1 heterocycles. The van der Waals surface area contributed by atoms with Crippen molar-refractivity contribution in [2.75, 3.05) is 6.61 Å². The van der Waals surface area contributed by atoms with Gasteiger partial charge >= 0.3 is 5.97 Å². The maximum Gasteiger partial charge on any atom is 0.331 e. The molecule has 5 nitrogen and oxygen atoms in total. The Labute approximate surface area is 109 Å². The number of fused-ring (bicyclic) bond motifs is 1. The molecule has 0 fully saturated rings. The van der Waals surface area contributed by atoms with Crippen molar-refractivity contribution in [2.24, 2.45) is 5.73 Å². The summed E-state index contributed by atoms with van der Waals surface area (Å²) in [4.78, 5) is 26.0. The first-order valence-corrected chi connectivity index (χ1v) is 5.64. The first kappa shape index (κ1) is 12.8. The van der Waals surface area contributed by atoms with Crippen molar-refractivity contribution in [2.45, 2.75) is 0 Å². The Morgan fingerprint density at radius 1 is 1.26 bits per heavy atom. The van der Waals surface area contributed by atoms with Crippen molar-refractivity contribution < 1.29 is 14.3 Å². The summed E-state index contributed by atoms with van der Waals surface area (Å²) in [5.74, 6) is -1.31. The molecule has 19 heavy (non-hydrogen) atoms. The second kappa shape index (κ2) is 5.77. The van der Waals surface area contributed by atoms with Crippen LogP contribution in [-0.4, -0.2) is 23.5 Å². The number of rotatable bonds is 4. The van der Waals surface area contributed by atoms with Gasteiger partial charge in [-0.15, -0.1) is 0 Å². The highest BCUT2D eigenvalue weighted by Crippen LogP contribution is 2.16. The molecule has 0 aliphatic rings. The summed E-state index contributed by atoms with van der Waals surface area (Å²) < 4.78 is 4.62. The predicted octanol–water partition coefficient (Wildman–Crippen LogP) is 1.28. The summed E-state index contributed by atoms with van der Waals surface area (Å²) in [7, 11) is 0. The van der Waals surface area contributed by atoms with E-state index in [1.165, 1.54) is 6.08 Å². The Morgan fingerprint density at radius 2 is 2.05 bits per heavy atom. The number of carbonyl (C=O) groups excluding carboxylic acids is 2. The third-order valence-electron chi connectivity index (χ3n) is 2.42. The van der Waals surface area contributed by atoms with Crippen LogP contribution in [-0.2, 0) is 14.3 Å². The number of primary amides is 1. The number of pyridine rings is 1. The lowest BCUT2D eigenvalue weighted by Crippen LogP contribution is -2.19. The Bertz CT molecular complexity index is 645. The van der Waals surface area contributed by atoms with Crippen LogP contribution < -0.4 is 5.73 Å². The summed E-state index contributed by atoms with van der Waals surface area (Å²) in [6.07, 6.45) is 4.52. The minimum atomic E-state index is -0.687. The van der Waals surface area contributed by atoms with Gasteiger partial charge in [-0.3, -0.25) is 9.78 Å². The Kier molecular flexibility index (Phi) is 3.87. The molecule has 0 atom stereocenters. The standard InChI is InChI=1S/C14H12N2O3/c15-12(17)9-19-13(18)7-6-11-4-1-3-10-5-2-8-16-14(10)11/h1-8H,9H2,(H2,15,17)/b7-6-. The zero-order valence-corrected chi connectivity index (χ0v) is 10.1. The summed E-state index contributed by atoms with van der Waals surface area (Å²) in [6.45, 7) is -0.420. The van der Waals surface area contributed by atoms with Gasteiger partial charge in [0.1, 0.15) is 0 Å². The van der Waals surface area contributed by atoms with Crippen molar-refractivity contribution in [3.05, 3.63) is 48.2 Å². The first-order chi connectivity index (χ1) is 9.16. The van der Waals surface area contributed by atoms with Gasteiger partial charge < -0.3 is 10.5 Å². The number of aromatic nitrogens is 1. The first-order valence-electron chi connectivity index (χ1n) is 5.64. The quantitative estimate of drug-likeness (QED) is 0.659. The van der Waals surface area contributed by atoms with Gasteiger partial charge in [-0.05, 0) is 12.1 Å². The molecule has 2 aromatic rings. The predicted molar refractivity (Wildman–Crippen MR) is 70.9 cm³/mol. The summed E-state index contributed by atoms with van der Waals surface area (Å²) in [5.41, 5.74) is 6.47. The van der Waals surface area contributed by atoms with E-state index in [-0.39, 0.29) is 0 Å². The van der Waals surface area contributed by atoms with Crippen LogP contribution >= 0.6 is 0 Å². The number of para-hydroxylation sites is 1. The lowest BCUT2D eigenvalue weighted by molar-refractivity contribution is -0.142. The van der Waals surface area contributed by atoms with Crippen LogP contribution in [0.5, 0.6) is 0 Å². The fourth-order valence-electron chi connectivity index (χ4n) is 1.61. The normalized spacial score (nSPS) is 10.7. The lowest BCUT2D eigenvalue weighted by Gasteiger charge is -2.00. The molecule has 0 radical (unpaired) electrons. The Morgan fingerprint density at radius 3 is 2.84 bits per heavy atom. The number of amides is 1. The second-order valence-electron chi connectivity index (χ2n) is 3.83. The topological polar surface area (TPSA) is 82.3 Å².